The fourth-order valence-electron chi connectivity index (χ4n) is 0.940. The van der Waals surface area contributed by atoms with Crippen LogP contribution in [0.3, 0.4) is 0 Å². The number of aliphatic carboxylic acids is 1. The first-order chi connectivity index (χ1) is 6.11. The largest absolute Gasteiger partial charge is 0.480 e. The van der Waals surface area contributed by atoms with Gasteiger partial charge in [0.25, 0.3) is 0 Å². The predicted octanol–water partition coefficient (Wildman–Crippen LogP) is 0.673. The van der Waals surface area contributed by atoms with E-state index in [9.17, 15) is 9.59 Å². The number of carbonyl (C=O) groups is 2. The number of amides is 1. The van der Waals surface area contributed by atoms with E-state index in [4.69, 9.17) is 5.11 Å². The van der Waals surface area contributed by atoms with Crippen molar-refractivity contribution < 1.29 is 14.7 Å². The second-order valence-corrected chi connectivity index (χ2v) is 3.51. The molecule has 0 aromatic carbocycles. The lowest BCUT2D eigenvalue weighted by molar-refractivity contribution is -0.143. The molecule has 13 heavy (non-hydrogen) atoms. The van der Waals surface area contributed by atoms with Gasteiger partial charge in [0.2, 0.25) is 5.91 Å². The van der Waals surface area contributed by atoms with Crippen molar-refractivity contribution in [2.45, 2.75) is 13.3 Å². The molecule has 0 saturated heterocycles. The normalized spacial score (nSPS) is 9.69. The van der Waals surface area contributed by atoms with Gasteiger partial charge in [-0.25, -0.2) is 0 Å². The summed E-state index contributed by atoms with van der Waals surface area (Å²) in [5.74, 6) is -0.701. The lowest BCUT2D eigenvalue weighted by Gasteiger charge is -2.19. The lowest BCUT2D eigenvalue weighted by Crippen LogP contribution is -2.37. The average molecular weight is 205 g/mol. The fourth-order valence-corrected chi connectivity index (χ4v) is 1.37. The SMILES string of the molecule is CCCN(CC(=O)O)C(=O)CSC. The summed E-state index contributed by atoms with van der Waals surface area (Å²) in [6.45, 7) is 2.25. The van der Waals surface area contributed by atoms with Crippen molar-refractivity contribution in [2.75, 3.05) is 25.1 Å². The third-order valence-electron chi connectivity index (χ3n) is 1.44. The Kier molecular flexibility index (Phi) is 6.40. The van der Waals surface area contributed by atoms with E-state index in [2.05, 4.69) is 0 Å². The van der Waals surface area contributed by atoms with E-state index in [-0.39, 0.29) is 12.5 Å². The van der Waals surface area contributed by atoms with Gasteiger partial charge in [0.1, 0.15) is 6.54 Å². The van der Waals surface area contributed by atoms with Crippen LogP contribution >= 0.6 is 11.8 Å². The monoisotopic (exact) mass is 205 g/mol. The minimum atomic E-state index is -0.956. The summed E-state index contributed by atoms with van der Waals surface area (Å²) < 4.78 is 0. The van der Waals surface area contributed by atoms with Crippen LogP contribution in [0, 0.1) is 0 Å². The molecule has 4 nitrogen and oxygen atoms in total. The molecular formula is C8H15NO3S. The van der Waals surface area contributed by atoms with E-state index >= 15 is 0 Å². The maximum absolute atomic E-state index is 11.3. The van der Waals surface area contributed by atoms with Gasteiger partial charge in [-0.05, 0) is 12.7 Å². The lowest BCUT2D eigenvalue weighted by atomic mass is 10.4. The molecule has 0 heterocycles. The van der Waals surface area contributed by atoms with Crippen molar-refractivity contribution in [1.82, 2.24) is 4.90 Å². The van der Waals surface area contributed by atoms with E-state index in [1.54, 1.807) is 0 Å². The third kappa shape index (κ3) is 5.52. The van der Waals surface area contributed by atoms with Crippen molar-refractivity contribution in [3.63, 3.8) is 0 Å². The van der Waals surface area contributed by atoms with Crippen LogP contribution < -0.4 is 0 Å². The van der Waals surface area contributed by atoms with Gasteiger partial charge in [0.05, 0.1) is 5.75 Å². The highest BCUT2D eigenvalue weighted by Crippen LogP contribution is 1.99. The second-order valence-electron chi connectivity index (χ2n) is 2.64. The van der Waals surface area contributed by atoms with Crippen LogP contribution in [0.5, 0.6) is 0 Å². The Morgan fingerprint density at radius 2 is 2.08 bits per heavy atom. The van der Waals surface area contributed by atoms with Crippen LogP contribution in [0.25, 0.3) is 0 Å². The Hall–Kier alpha value is -0.710. The molecule has 76 valence electrons. The van der Waals surface area contributed by atoms with Gasteiger partial charge in [-0.3, -0.25) is 9.59 Å². The number of carbonyl (C=O) groups excluding carboxylic acids is 1. The van der Waals surface area contributed by atoms with E-state index in [1.807, 2.05) is 13.2 Å². The molecule has 0 aromatic heterocycles. The summed E-state index contributed by atoms with van der Waals surface area (Å²) in [5.41, 5.74) is 0. The summed E-state index contributed by atoms with van der Waals surface area (Å²) in [6.07, 6.45) is 2.61. The summed E-state index contributed by atoms with van der Waals surface area (Å²) in [5, 5.41) is 8.53. The minimum absolute atomic E-state index is 0.100. The van der Waals surface area contributed by atoms with Crippen molar-refractivity contribution in [3.05, 3.63) is 0 Å². The smallest absolute Gasteiger partial charge is 0.323 e. The molecule has 0 fully saturated rings. The molecule has 0 rings (SSSR count). The predicted molar refractivity (Wildman–Crippen MR) is 52.9 cm³/mol. The molecule has 0 unspecified atom stereocenters. The van der Waals surface area contributed by atoms with Crippen LogP contribution in [-0.4, -0.2) is 47.0 Å². The summed E-state index contributed by atoms with van der Waals surface area (Å²) in [6, 6.07) is 0. The Bertz CT molecular complexity index is 184. The van der Waals surface area contributed by atoms with Crippen molar-refractivity contribution in [2.24, 2.45) is 0 Å². The van der Waals surface area contributed by atoms with Crippen molar-refractivity contribution >= 4 is 23.6 Å². The van der Waals surface area contributed by atoms with E-state index in [1.165, 1.54) is 16.7 Å². The standard InChI is InChI=1S/C8H15NO3S/c1-3-4-9(5-8(11)12)7(10)6-13-2/h3-6H2,1-2H3,(H,11,12). The molecule has 0 aliphatic carbocycles. The first-order valence-corrected chi connectivity index (χ1v) is 5.49. The van der Waals surface area contributed by atoms with Crippen LogP contribution in [0.1, 0.15) is 13.3 Å². The zero-order valence-electron chi connectivity index (χ0n) is 7.95. The van der Waals surface area contributed by atoms with Gasteiger partial charge >= 0.3 is 5.97 Å². The Balaban J connectivity index is 4.06. The number of rotatable bonds is 6. The van der Waals surface area contributed by atoms with Gasteiger partial charge in [-0.15, -0.1) is 0 Å². The number of thioether (sulfide) groups is 1. The molecule has 1 amide bonds. The summed E-state index contributed by atoms with van der Waals surface area (Å²) in [4.78, 5) is 23.1. The minimum Gasteiger partial charge on any atom is -0.480 e. The van der Waals surface area contributed by atoms with Crippen LogP contribution in [0.4, 0.5) is 0 Å². The summed E-state index contributed by atoms with van der Waals surface area (Å²) >= 11 is 1.41. The average Bonchev–Trinajstić information content (AvgIpc) is 2.03. The molecule has 0 saturated carbocycles. The number of carboxylic acid groups (broad SMARTS) is 1. The maximum atomic E-state index is 11.3. The van der Waals surface area contributed by atoms with Gasteiger partial charge in [0, 0.05) is 6.54 Å². The van der Waals surface area contributed by atoms with E-state index in [0.29, 0.717) is 12.3 Å². The zero-order chi connectivity index (χ0) is 10.3. The highest BCUT2D eigenvalue weighted by Gasteiger charge is 2.14. The van der Waals surface area contributed by atoms with Gasteiger partial charge in [-0.2, -0.15) is 11.8 Å². The van der Waals surface area contributed by atoms with Gasteiger partial charge in [-0.1, -0.05) is 6.92 Å². The second kappa shape index (κ2) is 6.77. The van der Waals surface area contributed by atoms with Crippen molar-refractivity contribution in [1.29, 1.82) is 0 Å². The molecule has 0 spiro atoms. The number of carboxylic acids is 1. The van der Waals surface area contributed by atoms with Crippen LogP contribution in [0.15, 0.2) is 0 Å². The number of hydrogen-bond acceptors (Lipinski definition) is 3. The molecule has 1 N–H and O–H groups in total. The molecule has 0 aromatic rings. The van der Waals surface area contributed by atoms with Gasteiger partial charge in [0.15, 0.2) is 0 Å². The molecule has 5 heteroatoms. The number of hydrogen-bond donors (Lipinski definition) is 1. The summed E-state index contributed by atoms with van der Waals surface area (Å²) in [7, 11) is 0. The molecule has 0 bridgehead atoms. The molecule has 0 aliphatic rings. The molecular weight excluding hydrogens is 190 g/mol. The van der Waals surface area contributed by atoms with Crippen LogP contribution in [-0.2, 0) is 9.59 Å². The molecule has 0 radical (unpaired) electrons. The van der Waals surface area contributed by atoms with Crippen LogP contribution in [0.2, 0.25) is 0 Å². The maximum Gasteiger partial charge on any atom is 0.323 e. The van der Waals surface area contributed by atoms with E-state index in [0.717, 1.165) is 6.42 Å². The topological polar surface area (TPSA) is 57.6 Å². The zero-order valence-corrected chi connectivity index (χ0v) is 8.76. The Morgan fingerprint density at radius 3 is 2.46 bits per heavy atom. The quantitative estimate of drug-likeness (QED) is 0.692. The molecule has 0 aliphatic heterocycles. The highest BCUT2D eigenvalue weighted by molar-refractivity contribution is 7.99. The molecule has 0 atom stereocenters. The fraction of sp³-hybridized carbons (Fsp3) is 0.750. The first-order valence-electron chi connectivity index (χ1n) is 4.10. The third-order valence-corrected chi connectivity index (χ3v) is 1.98. The Labute approximate surface area is 82.3 Å². The first kappa shape index (κ1) is 12.3. The van der Waals surface area contributed by atoms with Crippen molar-refractivity contribution in [3.8, 4) is 0 Å². The highest BCUT2D eigenvalue weighted by atomic mass is 32.2. The van der Waals surface area contributed by atoms with E-state index < -0.39 is 5.97 Å². The van der Waals surface area contributed by atoms with Gasteiger partial charge < -0.3 is 10.0 Å². The Morgan fingerprint density at radius 1 is 1.46 bits per heavy atom. The number of nitrogens with zero attached hydrogens (tertiary/aromatic N) is 1.